The largest absolute Gasteiger partial charge is 0.416 e. The van der Waals surface area contributed by atoms with E-state index in [2.05, 4.69) is 17.1 Å². The summed E-state index contributed by atoms with van der Waals surface area (Å²) in [4.78, 5) is 17.0. The van der Waals surface area contributed by atoms with E-state index in [-0.39, 0.29) is 11.7 Å². The number of nitrogens with zero attached hydrogens (tertiary/aromatic N) is 3. The molecule has 1 aromatic heterocycles. The summed E-state index contributed by atoms with van der Waals surface area (Å²) in [5, 5.41) is 8.45. The van der Waals surface area contributed by atoms with E-state index < -0.39 is 0 Å². The van der Waals surface area contributed by atoms with E-state index >= 15 is 0 Å². The van der Waals surface area contributed by atoms with Gasteiger partial charge in [-0.25, -0.2) is 0 Å². The smallest absolute Gasteiger partial charge is 0.277 e. The van der Waals surface area contributed by atoms with Gasteiger partial charge in [0.1, 0.15) is 0 Å². The molecule has 2 heterocycles. The van der Waals surface area contributed by atoms with Gasteiger partial charge in [-0.1, -0.05) is 54.7 Å². The molecule has 0 saturated heterocycles. The van der Waals surface area contributed by atoms with Crippen molar-refractivity contribution >= 4 is 40.8 Å². The summed E-state index contributed by atoms with van der Waals surface area (Å²) in [6, 6.07) is 15.9. The van der Waals surface area contributed by atoms with Gasteiger partial charge in [0.2, 0.25) is 11.8 Å². The molecule has 26 heavy (non-hydrogen) atoms. The van der Waals surface area contributed by atoms with Crippen LogP contribution in [0.3, 0.4) is 0 Å². The van der Waals surface area contributed by atoms with Gasteiger partial charge in [-0.2, -0.15) is 0 Å². The maximum absolute atomic E-state index is 13.0. The molecule has 3 aromatic rings. The normalized spacial score (nSPS) is 12.6. The minimum atomic E-state index is -0.00885. The topological polar surface area (TPSA) is 59.2 Å². The fourth-order valence-electron chi connectivity index (χ4n) is 2.77. The van der Waals surface area contributed by atoms with Gasteiger partial charge >= 0.3 is 0 Å². The number of para-hydroxylation sites is 2. The number of carbonyl (C=O) groups excluding carboxylic acids is 1. The average Bonchev–Trinajstić information content (AvgIpc) is 3.12. The zero-order valence-corrected chi connectivity index (χ0v) is 15.8. The number of hydrogen-bond acceptors (Lipinski definition) is 6. The fraction of sp³-hybridized carbons (Fsp3) is 0.211. The minimum absolute atomic E-state index is 0.00885. The van der Waals surface area contributed by atoms with Crippen LogP contribution in [-0.4, -0.2) is 21.9 Å². The van der Waals surface area contributed by atoms with E-state index in [1.54, 1.807) is 16.7 Å². The number of thioether (sulfide) groups is 1. The molecule has 0 fully saturated rings. The summed E-state index contributed by atoms with van der Waals surface area (Å²) in [6.07, 6.45) is 1.70. The van der Waals surface area contributed by atoms with Crippen LogP contribution in [0, 0.1) is 0 Å². The maximum Gasteiger partial charge on any atom is 0.277 e. The second-order valence-electron chi connectivity index (χ2n) is 5.77. The van der Waals surface area contributed by atoms with Gasteiger partial charge in [0.05, 0.1) is 17.1 Å². The van der Waals surface area contributed by atoms with Crippen molar-refractivity contribution in [3.8, 4) is 0 Å². The molecule has 1 amide bonds. The van der Waals surface area contributed by atoms with Gasteiger partial charge in [-0.15, -0.1) is 10.2 Å². The Hall–Kier alpha value is -2.25. The number of aromatic nitrogens is 2. The van der Waals surface area contributed by atoms with Crippen molar-refractivity contribution in [1.82, 2.24) is 10.2 Å². The quantitative estimate of drug-likeness (QED) is 0.581. The Bertz CT molecular complexity index is 896. The summed E-state index contributed by atoms with van der Waals surface area (Å²) in [6.45, 7) is 2.06. The molecule has 132 valence electrons. The van der Waals surface area contributed by atoms with E-state index in [1.807, 2.05) is 48.5 Å². The number of hydrogen-bond donors (Lipinski definition) is 0. The molecule has 0 bridgehead atoms. The van der Waals surface area contributed by atoms with E-state index in [9.17, 15) is 4.79 Å². The Kier molecular flexibility index (Phi) is 4.99. The Balaban J connectivity index is 1.57. The van der Waals surface area contributed by atoms with Crippen molar-refractivity contribution in [2.45, 2.75) is 34.8 Å². The highest BCUT2D eigenvalue weighted by Crippen LogP contribution is 2.48. The number of fused-ring (bicyclic) bond motifs is 2. The van der Waals surface area contributed by atoms with Crippen molar-refractivity contribution < 1.29 is 9.21 Å². The highest BCUT2D eigenvalue weighted by molar-refractivity contribution is 8.00. The van der Waals surface area contributed by atoms with Gasteiger partial charge in [-0.3, -0.25) is 9.69 Å². The number of benzene rings is 2. The SMILES string of the molecule is CCCc1nnc(SCC(=O)N2c3ccccc3Sc3ccccc32)o1. The maximum atomic E-state index is 13.0. The van der Waals surface area contributed by atoms with E-state index in [4.69, 9.17) is 4.42 Å². The summed E-state index contributed by atoms with van der Waals surface area (Å²) >= 11 is 2.97. The highest BCUT2D eigenvalue weighted by atomic mass is 32.2. The second-order valence-corrected chi connectivity index (χ2v) is 7.78. The molecule has 2 aromatic carbocycles. The van der Waals surface area contributed by atoms with Crippen molar-refractivity contribution in [1.29, 1.82) is 0 Å². The number of anilines is 2. The predicted molar refractivity (Wildman–Crippen MR) is 103 cm³/mol. The van der Waals surface area contributed by atoms with Crippen LogP contribution in [0.25, 0.3) is 0 Å². The zero-order valence-electron chi connectivity index (χ0n) is 14.2. The van der Waals surface area contributed by atoms with Crippen LogP contribution in [0.4, 0.5) is 11.4 Å². The summed E-state index contributed by atoms with van der Waals surface area (Å²) in [7, 11) is 0. The second kappa shape index (κ2) is 7.55. The molecule has 5 nitrogen and oxygen atoms in total. The van der Waals surface area contributed by atoms with E-state index in [1.165, 1.54) is 11.8 Å². The lowest BCUT2D eigenvalue weighted by Gasteiger charge is -2.30. The molecule has 1 aliphatic rings. The van der Waals surface area contributed by atoms with Crippen LogP contribution in [-0.2, 0) is 11.2 Å². The predicted octanol–water partition coefficient (Wildman–Crippen LogP) is 4.94. The molecule has 0 saturated carbocycles. The van der Waals surface area contributed by atoms with Crippen LogP contribution >= 0.6 is 23.5 Å². The molecule has 0 aliphatic carbocycles. The van der Waals surface area contributed by atoms with E-state index in [0.29, 0.717) is 11.1 Å². The Morgan fingerprint density at radius 1 is 1.08 bits per heavy atom. The Morgan fingerprint density at radius 2 is 1.73 bits per heavy atom. The van der Waals surface area contributed by atoms with Gasteiger partial charge in [0.15, 0.2) is 0 Å². The van der Waals surface area contributed by atoms with Crippen LogP contribution < -0.4 is 4.90 Å². The molecule has 0 atom stereocenters. The summed E-state index contributed by atoms with van der Waals surface area (Å²) < 4.78 is 5.57. The first-order valence-electron chi connectivity index (χ1n) is 8.40. The minimum Gasteiger partial charge on any atom is -0.416 e. The van der Waals surface area contributed by atoms with Crippen molar-refractivity contribution in [2.75, 3.05) is 10.7 Å². The molecule has 7 heteroatoms. The van der Waals surface area contributed by atoms with Crippen LogP contribution in [0.15, 0.2) is 68.0 Å². The van der Waals surface area contributed by atoms with Crippen molar-refractivity contribution in [3.05, 3.63) is 54.4 Å². The first kappa shape index (κ1) is 17.2. The molecule has 0 radical (unpaired) electrons. The molecule has 0 unspecified atom stereocenters. The number of amides is 1. The first-order valence-corrected chi connectivity index (χ1v) is 10.2. The third-order valence-corrected chi connectivity index (χ3v) is 5.85. The Labute approximate surface area is 160 Å². The van der Waals surface area contributed by atoms with Gasteiger partial charge < -0.3 is 4.42 Å². The highest BCUT2D eigenvalue weighted by Gasteiger charge is 2.28. The van der Waals surface area contributed by atoms with Crippen LogP contribution in [0.1, 0.15) is 19.2 Å². The lowest BCUT2D eigenvalue weighted by atomic mass is 10.2. The van der Waals surface area contributed by atoms with Gasteiger partial charge in [-0.05, 0) is 30.7 Å². The standard InChI is InChI=1S/C19H17N3O2S2/c1-2-7-17-20-21-19(24-17)25-12-18(23)22-13-8-3-5-10-15(13)26-16-11-6-4-9-14(16)22/h3-6,8-11H,2,7,12H2,1H3. The van der Waals surface area contributed by atoms with Crippen molar-refractivity contribution in [2.24, 2.45) is 0 Å². The molecule has 4 rings (SSSR count). The monoisotopic (exact) mass is 383 g/mol. The number of aryl methyl sites for hydroxylation is 1. The van der Waals surface area contributed by atoms with Crippen LogP contribution in [0.2, 0.25) is 0 Å². The summed E-state index contributed by atoms with van der Waals surface area (Å²) in [5.41, 5.74) is 1.83. The van der Waals surface area contributed by atoms with Crippen molar-refractivity contribution in [3.63, 3.8) is 0 Å². The van der Waals surface area contributed by atoms with Gasteiger partial charge in [0, 0.05) is 16.2 Å². The van der Waals surface area contributed by atoms with E-state index in [0.717, 1.165) is 34.0 Å². The lowest BCUT2D eigenvalue weighted by molar-refractivity contribution is -0.115. The molecule has 1 aliphatic heterocycles. The lowest BCUT2D eigenvalue weighted by Crippen LogP contribution is -2.29. The van der Waals surface area contributed by atoms with Gasteiger partial charge in [0.25, 0.3) is 5.22 Å². The first-order chi connectivity index (χ1) is 12.8. The molecular formula is C19H17N3O2S2. The third kappa shape index (κ3) is 3.37. The molecular weight excluding hydrogens is 366 g/mol. The fourth-order valence-corrected chi connectivity index (χ4v) is 4.46. The average molecular weight is 383 g/mol. The molecule has 0 spiro atoms. The zero-order chi connectivity index (χ0) is 17.9. The summed E-state index contributed by atoms with van der Waals surface area (Å²) in [5.74, 6) is 0.846. The Morgan fingerprint density at radius 3 is 2.38 bits per heavy atom. The third-order valence-electron chi connectivity index (χ3n) is 3.91. The number of carbonyl (C=O) groups is 1. The molecule has 0 N–H and O–H groups in total. The van der Waals surface area contributed by atoms with Crippen LogP contribution in [0.5, 0.6) is 0 Å². The number of rotatable bonds is 5.